The molecule has 0 aliphatic heterocycles. The zero-order valence-corrected chi connectivity index (χ0v) is 23.3. The third kappa shape index (κ3) is 4.23. The Balaban J connectivity index is 0.00000121. The predicted molar refractivity (Wildman–Crippen MR) is 105 cm³/mol. The fourth-order valence-corrected chi connectivity index (χ4v) is 30.5. The monoisotopic (exact) mass is 661 g/mol. The Hall–Kier alpha value is 0.480. The first kappa shape index (κ1) is 22.8. The Morgan fingerprint density at radius 3 is 1.58 bits per heavy atom. The number of fused-ring (bicyclic) bond motifs is 2. The van der Waals surface area contributed by atoms with Gasteiger partial charge in [-0.1, -0.05) is 0 Å². The van der Waals surface area contributed by atoms with Crippen LogP contribution in [0.2, 0.25) is 12.1 Å². The van der Waals surface area contributed by atoms with Gasteiger partial charge in [0.1, 0.15) is 0 Å². The molecule has 0 spiro atoms. The summed E-state index contributed by atoms with van der Waals surface area (Å²) in [6.45, 7) is 4.94. The quantitative estimate of drug-likeness (QED) is 0.311. The van der Waals surface area contributed by atoms with Gasteiger partial charge in [0.25, 0.3) is 0 Å². The maximum absolute atomic E-state index is 2.58. The molecule has 0 aromatic heterocycles. The first-order valence-corrected chi connectivity index (χ1v) is 18.5. The molecule has 0 amide bonds. The maximum atomic E-state index is 2.58. The minimum absolute atomic E-state index is 0. The van der Waals surface area contributed by atoms with Gasteiger partial charge in [-0.2, -0.15) is 0 Å². The summed E-state index contributed by atoms with van der Waals surface area (Å²) >= 11 is -1.69. The molecule has 0 heterocycles. The number of halogens is 2. The first-order valence-electron chi connectivity index (χ1n) is 9.24. The van der Waals surface area contributed by atoms with Crippen LogP contribution < -0.4 is 48.0 Å². The molecular weight excluding hydrogens is 637 g/mol. The van der Waals surface area contributed by atoms with E-state index in [-0.39, 0.29) is 48.0 Å². The second kappa shape index (κ2) is 10.3. The Bertz CT molecular complexity index is 737. The smallest absolute Gasteiger partial charge is 1.00 e. The van der Waals surface area contributed by atoms with Gasteiger partial charge in [0, 0.05) is 0 Å². The van der Waals surface area contributed by atoms with Gasteiger partial charge in [0.05, 0.1) is 0 Å². The zero-order chi connectivity index (χ0) is 16.5. The van der Waals surface area contributed by atoms with Gasteiger partial charge in [-0.05, 0) is 0 Å². The summed E-state index contributed by atoms with van der Waals surface area (Å²) in [6, 6.07) is 21.2. The largest absolute Gasteiger partial charge is 1.00 e. The van der Waals surface area contributed by atoms with E-state index < -0.39 is 26.8 Å². The van der Waals surface area contributed by atoms with Crippen molar-refractivity contribution >= 4 is 18.1 Å². The summed E-state index contributed by atoms with van der Waals surface area (Å²) in [5, 5.41) is 0. The molecule has 0 bridgehead atoms. The predicted octanol–water partition coefficient (Wildman–Crippen LogP) is -0.0876. The molecule has 2 aliphatic carbocycles. The Labute approximate surface area is 200 Å². The van der Waals surface area contributed by atoms with Crippen molar-refractivity contribution in [1.82, 2.24) is 0 Å². The van der Waals surface area contributed by atoms with Gasteiger partial charge >= 0.3 is 155 Å². The van der Waals surface area contributed by atoms with E-state index in [0.29, 0.717) is 0 Å². The molecule has 0 nitrogen and oxygen atoms in total. The van der Waals surface area contributed by atoms with Crippen molar-refractivity contribution < 1.29 is 68.9 Å². The molecule has 26 heavy (non-hydrogen) atoms. The molecule has 2 aromatic carbocycles. The van der Waals surface area contributed by atoms with E-state index in [0.717, 1.165) is 7.25 Å². The third-order valence-electron chi connectivity index (χ3n) is 5.77. The van der Waals surface area contributed by atoms with Crippen molar-refractivity contribution in [2.45, 2.75) is 33.2 Å². The third-order valence-corrected chi connectivity index (χ3v) is 31.9. The summed E-state index contributed by atoms with van der Waals surface area (Å²) in [6.07, 6.45) is 9.98. The van der Waals surface area contributed by atoms with Crippen molar-refractivity contribution in [2.24, 2.45) is 0 Å². The normalized spacial score (nSPS) is 18.9. The molecular formula is C22H25I2SiZr. The average molecular weight is 663 g/mol. The van der Waals surface area contributed by atoms with Gasteiger partial charge in [-0.3, -0.25) is 0 Å². The second-order valence-electron chi connectivity index (χ2n) is 6.94. The SMILES string of the molecule is CC[SiH](CC)[Zr+2]([CH]1C=Cc2ccccc21)[CH]1C=Cc2ccccc21.[I-].[I-]. The van der Waals surface area contributed by atoms with Crippen molar-refractivity contribution in [3.8, 4) is 0 Å². The molecule has 2 aromatic rings. The average Bonchev–Trinajstić information content (AvgIpc) is 3.24. The van der Waals surface area contributed by atoms with Gasteiger partial charge < -0.3 is 48.0 Å². The van der Waals surface area contributed by atoms with Crippen molar-refractivity contribution in [1.29, 1.82) is 0 Å². The number of hydrogen-bond acceptors (Lipinski definition) is 0. The number of rotatable bonds is 5. The standard InChI is InChI=1S/2C9H7.C4H11Si.2HI.Zr/c2*1-2-5-9-7-3-6-8(9)4-1;1-3-5-4-2;;;/h2*1-7H;5H,3-4H2,1-2H3;2*1H;/q;;;;;+2/p-2. The van der Waals surface area contributed by atoms with Crippen LogP contribution >= 0.6 is 0 Å². The van der Waals surface area contributed by atoms with Gasteiger partial charge in [-0.25, -0.2) is 0 Å². The fraction of sp³-hybridized carbons (Fsp3) is 0.273. The zero-order valence-electron chi connectivity index (χ0n) is 15.3. The van der Waals surface area contributed by atoms with E-state index in [9.17, 15) is 0 Å². The van der Waals surface area contributed by atoms with E-state index in [2.05, 4.69) is 86.7 Å². The first-order chi connectivity index (χ1) is 11.8. The second-order valence-corrected chi connectivity index (χ2v) is 25.5. The van der Waals surface area contributed by atoms with Crippen LogP contribution in [-0.4, -0.2) is 5.92 Å². The molecule has 0 radical (unpaired) electrons. The number of benzene rings is 2. The minimum Gasteiger partial charge on any atom is -1.00 e. The Kier molecular flexibility index (Phi) is 9.03. The van der Waals surface area contributed by atoms with Crippen LogP contribution in [0.5, 0.6) is 0 Å². The van der Waals surface area contributed by atoms with Crippen LogP contribution in [0.15, 0.2) is 60.7 Å². The Morgan fingerprint density at radius 2 is 1.15 bits per heavy atom. The molecule has 2 atom stereocenters. The fourth-order valence-electron chi connectivity index (χ4n) is 4.54. The molecule has 0 fully saturated rings. The Morgan fingerprint density at radius 1 is 0.731 bits per heavy atom. The summed E-state index contributed by atoms with van der Waals surface area (Å²) in [4.78, 5) is 0. The van der Waals surface area contributed by atoms with Crippen LogP contribution in [0.25, 0.3) is 12.2 Å². The molecule has 4 heteroatoms. The molecule has 4 rings (SSSR count). The van der Waals surface area contributed by atoms with Crippen molar-refractivity contribution in [3.05, 3.63) is 82.9 Å². The molecule has 2 unspecified atom stereocenters. The number of allylic oxidation sites excluding steroid dienone is 2. The van der Waals surface area contributed by atoms with Gasteiger partial charge in [0.2, 0.25) is 0 Å². The molecule has 0 N–H and O–H groups in total. The van der Waals surface area contributed by atoms with E-state index in [1.54, 1.807) is 11.1 Å². The maximum Gasteiger partial charge on any atom is -1.00 e. The molecule has 0 saturated carbocycles. The van der Waals surface area contributed by atoms with Crippen LogP contribution in [0.3, 0.4) is 0 Å². The molecule has 0 saturated heterocycles. The summed E-state index contributed by atoms with van der Waals surface area (Å²) in [5.74, 6) is -0.637. The molecule has 2 aliphatic rings. The topological polar surface area (TPSA) is 0 Å². The van der Waals surface area contributed by atoms with E-state index in [1.165, 1.54) is 23.2 Å². The summed E-state index contributed by atoms with van der Waals surface area (Å²) < 4.78 is 1.59. The van der Waals surface area contributed by atoms with Crippen molar-refractivity contribution in [2.75, 3.05) is 0 Å². The summed E-state index contributed by atoms with van der Waals surface area (Å²) in [7, 11) is 0. The van der Waals surface area contributed by atoms with Crippen LogP contribution in [0.4, 0.5) is 0 Å². The van der Waals surface area contributed by atoms with Crippen molar-refractivity contribution in [3.63, 3.8) is 0 Å². The minimum atomic E-state index is -1.69. The summed E-state index contributed by atoms with van der Waals surface area (Å²) in [5.41, 5.74) is 6.25. The van der Waals surface area contributed by atoms with Gasteiger partial charge in [0.15, 0.2) is 0 Å². The molecule has 135 valence electrons. The van der Waals surface area contributed by atoms with E-state index in [4.69, 9.17) is 0 Å². The van der Waals surface area contributed by atoms with E-state index >= 15 is 0 Å². The van der Waals surface area contributed by atoms with Crippen LogP contribution in [0, 0.1) is 0 Å². The van der Waals surface area contributed by atoms with Gasteiger partial charge in [-0.15, -0.1) is 0 Å². The number of hydrogen-bond donors (Lipinski definition) is 0. The van der Waals surface area contributed by atoms with Crippen LogP contribution in [0.1, 0.15) is 43.4 Å². The van der Waals surface area contributed by atoms with Crippen LogP contribution in [-0.2, 0) is 20.9 Å². The van der Waals surface area contributed by atoms with E-state index in [1.807, 2.05) is 0 Å².